The van der Waals surface area contributed by atoms with E-state index in [1.165, 1.54) is 25.6 Å². The molecular formula is C16H19N5O5S. The van der Waals surface area contributed by atoms with E-state index < -0.39 is 22.2 Å². The van der Waals surface area contributed by atoms with E-state index in [-0.39, 0.29) is 29.4 Å². The average Bonchev–Trinajstić information content (AvgIpc) is 3.29. The van der Waals surface area contributed by atoms with Crippen LogP contribution >= 0.6 is 0 Å². The molecule has 0 aliphatic carbocycles. The van der Waals surface area contributed by atoms with Gasteiger partial charge in [-0.05, 0) is 25.1 Å². The molecule has 10 nitrogen and oxygen atoms in total. The lowest BCUT2D eigenvalue weighted by Crippen LogP contribution is -2.32. The number of aliphatic hydroxyl groups is 1. The van der Waals surface area contributed by atoms with Crippen molar-refractivity contribution in [1.82, 2.24) is 23.6 Å². The fourth-order valence-corrected chi connectivity index (χ4v) is 5.16. The van der Waals surface area contributed by atoms with Crippen LogP contribution in [0.15, 0.2) is 32.4 Å². The Kier molecular flexibility index (Phi) is 3.98. The average molecular weight is 393 g/mol. The Labute approximate surface area is 154 Å². The van der Waals surface area contributed by atoms with E-state index >= 15 is 0 Å². The van der Waals surface area contributed by atoms with Crippen LogP contribution in [0.5, 0.6) is 0 Å². The first-order valence-electron chi connectivity index (χ1n) is 8.35. The van der Waals surface area contributed by atoms with Gasteiger partial charge in [-0.15, -0.1) is 0 Å². The lowest BCUT2D eigenvalue weighted by molar-refractivity contribution is 0.188. The third-order valence-electron chi connectivity index (χ3n) is 4.91. The molecular weight excluding hydrogens is 374 g/mol. The smallest absolute Gasteiger partial charge is 0.328 e. The summed E-state index contributed by atoms with van der Waals surface area (Å²) in [6, 6.07) is 3.79. The molecule has 27 heavy (non-hydrogen) atoms. The van der Waals surface area contributed by atoms with E-state index in [1.807, 2.05) is 0 Å². The van der Waals surface area contributed by atoms with E-state index in [2.05, 4.69) is 10.1 Å². The molecule has 0 amide bonds. The minimum absolute atomic E-state index is 0.0338. The summed E-state index contributed by atoms with van der Waals surface area (Å²) in [5, 5.41) is 13.8. The molecule has 0 spiro atoms. The maximum atomic E-state index is 13.2. The van der Waals surface area contributed by atoms with E-state index in [9.17, 15) is 18.3 Å². The fraction of sp³-hybridized carbons (Fsp3) is 0.438. The number of aliphatic hydroxyl groups excluding tert-OH is 1. The molecule has 2 aromatic heterocycles. The SMILES string of the molecule is Cc1noc([C@H]2C[C@H](O)CN2S(=O)(=O)c2ccc3c(c2)n(C)c(=O)n3C)n1. The van der Waals surface area contributed by atoms with Gasteiger partial charge in [0.25, 0.3) is 0 Å². The lowest BCUT2D eigenvalue weighted by Gasteiger charge is -2.21. The Morgan fingerprint density at radius 2 is 1.93 bits per heavy atom. The second-order valence-corrected chi connectivity index (χ2v) is 8.60. The van der Waals surface area contributed by atoms with Gasteiger partial charge in [-0.1, -0.05) is 5.16 Å². The van der Waals surface area contributed by atoms with Gasteiger partial charge < -0.3 is 9.63 Å². The number of nitrogens with zero attached hydrogens (tertiary/aromatic N) is 5. The third-order valence-corrected chi connectivity index (χ3v) is 6.78. The van der Waals surface area contributed by atoms with Crippen LogP contribution in [-0.2, 0) is 24.1 Å². The van der Waals surface area contributed by atoms with E-state index in [4.69, 9.17) is 4.52 Å². The monoisotopic (exact) mass is 393 g/mol. The van der Waals surface area contributed by atoms with Crippen LogP contribution in [0.3, 0.4) is 0 Å². The van der Waals surface area contributed by atoms with E-state index in [1.54, 1.807) is 27.1 Å². The first-order valence-corrected chi connectivity index (χ1v) is 9.79. The molecule has 11 heteroatoms. The second-order valence-electron chi connectivity index (χ2n) is 6.71. The zero-order valence-electron chi connectivity index (χ0n) is 15.0. The van der Waals surface area contributed by atoms with Crippen LogP contribution in [-0.4, -0.2) is 49.8 Å². The zero-order chi connectivity index (χ0) is 19.5. The van der Waals surface area contributed by atoms with Gasteiger partial charge in [0, 0.05) is 27.1 Å². The van der Waals surface area contributed by atoms with Crippen LogP contribution in [0.4, 0.5) is 0 Å². The summed E-state index contributed by atoms with van der Waals surface area (Å²) in [5.74, 6) is 0.547. The number of hydrogen-bond acceptors (Lipinski definition) is 7. The molecule has 0 radical (unpaired) electrons. The molecule has 1 saturated heterocycles. The highest BCUT2D eigenvalue weighted by molar-refractivity contribution is 7.89. The number of sulfonamides is 1. The summed E-state index contributed by atoms with van der Waals surface area (Å²) >= 11 is 0. The molecule has 1 N–H and O–H groups in total. The van der Waals surface area contributed by atoms with Crippen LogP contribution in [0.1, 0.15) is 24.2 Å². The largest absolute Gasteiger partial charge is 0.392 e. The number of aryl methyl sites for hydroxylation is 3. The summed E-state index contributed by atoms with van der Waals surface area (Å²) < 4.78 is 35.7. The van der Waals surface area contributed by atoms with Crippen LogP contribution in [0.25, 0.3) is 11.0 Å². The number of fused-ring (bicyclic) bond motifs is 1. The standard InChI is InChI=1S/C16H19N5O5S/c1-9-17-15(26-18-9)14-6-10(22)8-21(14)27(24,25)11-4-5-12-13(7-11)20(3)16(23)19(12)2/h4-5,7,10,14,22H,6,8H2,1-3H3/t10-,14+/m0/s1. The zero-order valence-corrected chi connectivity index (χ0v) is 15.8. The minimum atomic E-state index is -3.95. The molecule has 0 bridgehead atoms. The fourth-order valence-electron chi connectivity index (χ4n) is 3.51. The van der Waals surface area contributed by atoms with Gasteiger partial charge in [-0.2, -0.15) is 9.29 Å². The third kappa shape index (κ3) is 2.69. The maximum Gasteiger partial charge on any atom is 0.328 e. The Hall–Kier alpha value is -2.50. The van der Waals surface area contributed by atoms with Gasteiger partial charge in [-0.25, -0.2) is 13.2 Å². The number of imidazole rings is 1. The number of hydrogen-bond donors (Lipinski definition) is 1. The Morgan fingerprint density at radius 3 is 2.59 bits per heavy atom. The van der Waals surface area contributed by atoms with Crippen molar-refractivity contribution in [2.75, 3.05) is 6.54 Å². The van der Waals surface area contributed by atoms with Crippen molar-refractivity contribution in [3.63, 3.8) is 0 Å². The molecule has 2 atom stereocenters. The Bertz CT molecular complexity index is 1190. The second kappa shape index (κ2) is 6.01. The van der Waals surface area contributed by atoms with Crippen molar-refractivity contribution in [2.24, 2.45) is 14.1 Å². The first kappa shape index (κ1) is 17.9. The van der Waals surface area contributed by atoms with Gasteiger partial charge in [0.1, 0.15) is 6.04 Å². The van der Waals surface area contributed by atoms with E-state index in [0.717, 1.165) is 0 Å². The molecule has 0 saturated carbocycles. The summed E-state index contributed by atoms with van der Waals surface area (Å²) in [6.07, 6.45) is -0.658. The predicted molar refractivity (Wildman–Crippen MR) is 94.5 cm³/mol. The minimum Gasteiger partial charge on any atom is -0.392 e. The van der Waals surface area contributed by atoms with Crippen LogP contribution in [0.2, 0.25) is 0 Å². The maximum absolute atomic E-state index is 13.2. The molecule has 4 rings (SSSR count). The Morgan fingerprint density at radius 1 is 1.22 bits per heavy atom. The number of benzene rings is 1. The predicted octanol–water partition coefficient (Wildman–Crippen LogP) is 0.0650. The van der Waals surface area contributed by atoms with E-state index in [0.29, 0.717) is 16.9 Å². The summed E-state index contributed by atoms with van der Waals surface area (Å²) in [4.78, 5) is 16.2. The molecule has 1 fully saturated rings. The summed E-state index contributed by atoms with van der Waals surface area (Å²) in [5.41, 5.74) is 0.899. The van der Waals surface area contributed by atoms with Crippen molar-refractivity contribution < 1.29 is 18.0 Å². The molecule has 3 aromatic rings. The van der Waals surface area contributed by atoms with Crippen molar-refractivity contribution in [3.05, 3.63) is 40.4 Å². The topological polar surface area (TPSA) is 123 Å². The van der Waals surface area contributed by atoms with Gasteiger partial charge >= 0.3 is 5.69 Å². The number of aromatic nitrogens is 4. The lowest BCUT2D eigenvalue weighted by atomic mass is 10.2. The quantitative estimate of drug-likeness (QED) is 0.667. The van der Waals surface area contributed by atoms with Crippen molar-refractivity contribution >= 4 is 21.1 Å². The van der Waals surface area contributed by atoms with Gasteiger partial charge in [0.15, 0.2) is 5.82 Å². The molecule has 1 aromatic carbocycles. The van der Waals surface area contributed by atoms with Gasteiger partial charge in [-0.3, -0.25) is 9.13 Å². The number of rotatable bonds is 3. The molecule has 1 aliphatic heterocycles. The highest BCUT2D eigenvalue weighted by Gasteiger charge is 2.43. The first-order chi connectivity index (χ1) is 12.7. The molecule has 0 unspecified atom stereocenters. The van der Waals surface area contributed by atoms with Crippen molar-refractivity contribution in [2.45, 2.75) is 30.4 Å². The van der Waals surface area contributed by atoms with Crippen LogP contribution < -0.4 is 5.69 Å². The highest BCUT2D eigenvalue weighted by atomic mass is 32.2. The number of β-amino-alcohol motifs (C(OH)–C–C–N with tert-alkyl or cyclic N) is 1. The summed E-state index contributed by atoms with van der Waals surface area (Å²) in [6.45, 7) is 1.57. The van der Waals surface area contributed by atoms with Gasteiger partial charge in [0.05, 0.1) is 22.0 Å². The Balaban J connectivity index is 1.81. The highest BCUT2D eigenvalue weighted by Crippen LogP contribution is 2.36. The summed E-state index contributed by atoms with van der Waals surface area (Å²) in [7, 11) is -0.734. The normalized spacial score (nSPS) is 21.3. The molecule has 3 heterocycles. The van der Waals surface area contributed by atoms with Gasteiger partial charge in [0.2, 0.25) is 15.9 Å². The molecule has 144 valence electrons. The van der Waals surface area contributed by atoms with Crippen LogP contribution in [0, 0.1) is 6.92 Å². The molecule has 1 aliphatic rings. The van der Waals surface area contributed by atoms with Crippen molar-refractivity contribution in [3.8, 4) is 0 Å². The van der Waals surface area contributed by atoms with Crippen molar-refractivity contribution in [1.29, 1.82) is 0 Å².